The number of nitrogens with two attached hydrogens (primary N) is 1. The summed E-state index contributed by atoms with van der Waals surface area (Å²) in [5.41, 5.74) is 7.53. The van der Waals surface area contributed by atoms with E-state index in [-0.39, 0.29) is 11.5 Å². The summed E-state index contributed by atoms with van der Waals surface area (Å²) in [6.45, 7) is 5.61. The van der Waals surface area contributed by atoms with E-state index in [1.54, 1.807) is 0 Å². The Kier molecular flexibility index (Phi) is 3.82. The van der Waals surface area contributed by atoms with Crippen LogP contribution in [0, 0.1) is 5.41 Å². The van der Waals surface area contributed by atoms with Crippen molar-refractivity contribution >= 4 is 0 Å². The molecular weight excluding hydrogens is 212 g/mol. The van der Waals surface area contributed by atoms with Gasteiger partial charge >= 0.3 is 0 Å². The van der Waals surface area contributed by atoms with Crippen molar-refractivity contribution in [1.29, 1.82) is 0 Å². The zero-order valence-electron chi connectivity index (χ0n) is 10.7. The molecule has 1 fully saturated rings. The van der Waals surface area contributed by atoms with Crippen LogP contribution in [-0.2, 0) is 11.3 Å². The van der Waals surface area contributed by atoms with Gasteiger partial charge in [-0.3, -0.25) is 0 Å². The summed E-state index contributed by atoms with van der Waals surface area (Å²) < 4.78 is 5.47. The first-order chi connectivity index (χ1) is 8.10. The average Bonchev–Trinajstić information content (AvgIpc) is 2.60. The van der Waals surface area contributed by atoms with Gasteiger partial charge in [-0.05, 0) is 12.6 Å². The highest BCUT2D eigenvalue weighted by atomic mass is 16.5. The van der Waals surface area contributed by atoms with Gasteiger partial charge in [0.05, 0.1) is 13.2 Å². The Balaban J connectivity index is 1.91. The van der Waals surface area contributed by atoms with E-state index in [2.05, 4.69) is 43.1 Å². The molecule has 1 aliphatic rings. The molecule has 2 N–H and O–H groups in total. The van der Waals surface area contributed by atoms with E-state index in [1.165, 1.54) is 5.56 Å². The molecule has 0 aromatic heterocycles. The molecule has 0 saturated carbocycles. The van der Waals surface area contributed by atoms with Gasteiger partial charge in [-0.1, -0.05) is 37.3 Å². The third-order valence-electron chi connectivity index (χ3n) is 3.55. The second-order valence-electron chi connectivity index (χ2n) is 5.43. The Morgan fingerprint density at radius 2 is 2.12 bits per heavy atom. The standard InChI is InChI=1S/C14H22N2O/c1-14(11-17-9-13(14)15)10-16(2)8-12-6-4-3-5-7-12/h3-7,13H,8-11,15H2,1-2H3. The molecule has 1 aliphatic heterocycles. The molecule has 2 atom stereocenters. The van der Waals surface area contributed by atoms with Gasteiger partial charge in [0.2, 0.25) is 0 Å². The van der Waals surface area contributed by atoms with Crippen LogP contribution in [0.15, 0.2) is 30.3 Å². The highest BCUT2D eigenvalue weighted by Crippen LogP contribution is 2.28. The van der Waals surface area contributed by atoms with Gasteiger partial charge in [-0.15, -0.1) is 0 Å². The molecule has 1 aromatic carbocycles. The molecular formula is C14H22N2O. The molecule has 17 heavy (non-hydrogen) atoms. The molecule has 94 valence electrons. The minimum atomic E-state index is 0.0868. The SMILES string of the molecule is CN(Cc1ccccc1)CC1(C)COCC1N. The first-order valence-electron chi connectivity index (χ1n) is 6.16. The molecule has 1 heterocycles. The van der Waals surface area contributed by atoms with Crippen molar-refractivity contribution in [2.24, 2.45) is 11.1 Å². The van der Waals surface area contributed by atoms with Crippen molar-refractivity contribution < 1.29 is 4.74 Å². The van der Waals surface area contributed by atoms with E-state index in [4.69, 9.17) is 10.5 Å². The largest absolute Gasteiger partial charge is 0.379 e. The molecule has 0 bridgehead atoms. The number of hydrogen-bond donors (Lipinski definition) is 1. The highest BCUT2D eigenvalue weighted by Gasteiger charge is 2.38. The molecule has 1 saturated heterocycles. The van der Waals surface area contributed by atoms with Gasteiger partial charge in [0.1, 0.15) is 0 Å². The van der Waals surface area contributed by atoms with Crippen LogP contribution in [0.2, 0.25) is 0 Å². The van der Waals surface area contributed by atoms with Crippen molar-refractivity contribution in [2.75, 3.05) is 26.8 Å². The van der Waals surface area contributed by atoms with Crippen molar-refractivity contribution in [3.63, 3.8) is 0 Å². The van der Waals surface area contributed by atoms with Gasteiger partial charge < -0.3 is 15.4 Å². The molecule has 3 nitrogen and oxygen atoms in total. The van der Waals surface area contributed by atoms with Crippen LogP contribution in [-0.4, -0.2) is 37.7 Å². The van der Waals surface area contributed by atoms with Gasteiger partial charge in [0.15, 0.2) is 0 Å². The van der Waals surface area contributed by atoms with E-state index < -0.39 is 0 Å². The molecule has 0 aliphatic carbocycles. The van der Waals surface area contributed by atoms with Crippen molar-refractivity contribution in [2.45, 2.75) is 19.5 Å². The number of hydrogen-bond acceptors (Lipinski definition) is 3. The van der Waals surface area contributed by atoms with Crippen LogP contribution in [0.3, 0.4) is 0 Å². The summed E-state index contributed by atoms with van der Waals surface area (Å²) >= 11 is 0. The van der Waals surface area contributed by atoms with Gasteiger partial charge in [0.25, 0.3) is 0 Å². The van der Waals surface area contributed by atoms with E-state index in [9.17, 15) is 0 Å². The smallest absolute Gasteiger partial charge is 0.0624 e. The first kappa shape index (κ1) is 12.6. The second kappa shape index (κ2) is 5.17. The van der Waals surface area contributed by atoms with E-state index in [1.807, 2.05) is 6.07 Å². The molecule has 2 rings (SSSR count). The van der Waals surface area contributed by atoms with Crippen LogP contribution in [0.4, 0.5) is 0 Å². The molecule has 1 aromatic rings. The summed E-state index contributed by atoms with van der Waals surface area (Å²) in [6.07, 6.45) is 0. The molecule has 0 radical (unpaired) electrons. The third kappa shape index (κ3) is 3.06. The summed E-state index contributed by atoms with van der Waals surface area (Å²) in [5, 5.41) is 0. The molecule has 3 heteroatoms. The number of ether oxygens (including phenoxy) is 1. The topological polar surface area (TPSA) is 38.5 Å². The molecule has 0 amide bonds. The summed E-state index contributed by atoms with van der Waals surface area (Å²) in [6, 6.07) is 10.7. The molecule has 0 spiro atoms. The normalized spacial score (nSPS) is 28.8. The lowest BCUT2D eigenvalue weighted by molar-refractivity contribution is 0.128. The molecule has 2 unspecified atom stereocenters. The van der Waals surface area contributed by atoms with Crippen LogP contribution < -0.4 is 5.73 Å². The maximum atomic E-state index is 6.10. The van der Waals surface area contributed by atoms with Crippen molar-refractivity contribution in [3.05, 3.63) is 35.9 Å². The van der Waals surface area contributed by atoms with Crippen LogP contribution in [0.25, 0.3) is 0 Å². The number of nitrogens with zero attached hydrogens (tertiary/aromatic N) is 1. The van der Waals surface area contributed by atoms with E-state index in [0.717, 1.165) is 19.7 Å². The third-order valence-corrected chi connectivity index (χ3v) is 3.55. The zero-order chi connectivity index (χ0) is 12.3. The van der Waals surface area contributed by atoms with Gasteiger partial charge in [0, 0.05) is 24.5 Å². The lowest BCUT2D eigenvalue weighted by Crippen LogP contribution is -2.45. The number of benzene rings is 1. The predicted octanol–water partition coefficient (Wildman–Crippen LogP) is 1.48. The maximum Gasteiger partial charge on any atom is 0.0624 e. The van der Waals surface area contributed by atoms with Gasteiger partial charge in [-0.2, -0.15) is 0 Å². The number of rotatable bonds is 4. The predicted molar refractivity (Wildman–Crippen MR) is 69.7 cm³/mol. The Bertz CT molecular complexity index is 354. The fraction of sp³-hybridized carbons (Fsp3) is 0.571. The second-order valence-corrected chi connectivity index (χ2v) is 5.43. The van der Waals surface area contributed by atoms with E-state index >= 15 is 0 Å². The minimum absolute atomic E-state index is 0.0868. The maximum absolute atomic E-state index is 6.10. The summed E-state index contributed by atoms with van der Waals surface area (Å²) in [5.74, 6) is 0. The minimum Gasteiger partial charge on any atom is -0.379 e. The Morgan fingerprint density at radius 1 is 1.41 bits per heavy atom. The van der Waals surface area contributed by atoms with Crippen molar-refractivity contribution in [1.82, 2.24) is 4.90 Å². The average molecular weight is 234 g/mol. The summed E-state index contributed by atoms with van der Waals surface area (Å²) in [7, 11) is 2.14. The first-order valence-corrected chi connectivity index (χ1v) is 6.16. The monoisotopic (exact) mass is 234 g/mol. The summed E-state index contributed by atoms with van der Waals surface area (Å²) in [4.78, 5) is 2.32. The Morgan fingerprint density at radius 3 is 2.71 bits per heavy atom. The van der Waals surface area contributed by atoms with E-state index in [0.29, 0.717) is 6.61 Å². The fourth-order valence-corrected chi connectivity index (χ4v) is 2.46. The van der Waals surface area contributed by atoms with Crippen LogP contribution >= 0.6 is 0 Å². The van der Waals surface area contributed by atoms with Crippen molar-refractivity contribution in [3.8, 4) is 0 Å². The Labute approximate surface area is 104 Å². The lowest BCUT2D eigenvalue weighted by atomic mass is 9.85. The lowest BCUT2D eigenvalue weighted by Gasteiger charge is -2.32. The van der Waals surface area contributed by atoms with Crippen LogP contribution in [0.5, 0.6) is 0 Å². The quantitative estimate of drug-likeness (QED) is 0.857. The van der Waals surface area contributed by atoms with Gasteiger partial charge in [-0.25, -0.2) is 0 Å². The Hall–Kier alpha value is -0.900. The highest BCUT2D eigenvalue weighted by molar-refractivity contribution is 5.14. The fourth-order valence-electron chi connectivity index (χ4n) is 2.46. The zero-order valence-corrected chi connectivity index (χ0v) is 10.7. The van der Waals surface area contributed by atoms with Crippen LogP contribution in [0.1, 0.15) is 12.5 Å².